The van der Waals surface area contributed by atoms with Gasteiger partial charge in [-0.2, -0.15) is 0 Å². The van der Waals surface area contributed by atoms with Crippen molar-refractivity contribution in [2.24, 2.45) is 0 Å². The number of rotatable bonds is 6. The van der Waals surface area contributed by atoms with Gasteiger partial charge in [0.1, 0.15) is 0 Å². The second kappa shape index (κ2) is 9.85. The third-order valence-electron chi connectivity index (χ3n) is 5.16. The van der Waals surface area contributed by atoms with Crippen LogP contribution in [0.3, 0.4) is 0 Å². The van der Waals surface area contributed by atoms with Gasteiger partial charge in [0.05, 0.1) is 17.1 Å². The van der Waals surface area contributed by atoms with Crippen molar-refractivity contribution in [2.75, 3.05) is 4.90 Å². The van der Waals surface area contributed by atoms with Crippen LogP contribution in [-0.4, -0.2) is 20.9 Å². The normalized spacial score (nSPS) is 10.9. The van der Waals surface area contributed by atoms with E-state index in [0.717, 1.165) is 44.6 Å². The van der Waals surface area contributed by atoms with Gasteiger partial charge in [-0.25, -0.2) is 15.0 Å². The minimum atomic E-state index is -0.0480. The number of amides is 1. The number of hydrogen-bond donors (Lipinski definition) is 0. The zero-order valence-electron chi connectivity index (χ0n) is 19.4. The molecule has 0 N–H and O–H groups in total. The van der Waals surface area contributed by atoms with Crippen LogP contribution in [0.15, 0.2) is 59.1 Å². The summed E-state index contributed by atoms with van der Waals surface area (Å²) in [6.07, 6.45) is 0. The number of thioether (sulfide) groups is 1. The van der Waals surface area contributed by atoms with Crippen molar-refractivity contribution in [1.29, 1.82) is 0 Å². The highest BCUT2D eigenvalue weighted by molar-refractivity contribution is 7.98. The first-order chi connectivity index (χ1) is 15.8. The lowest BCUT2D eigenvalue weighted by molar-refractivity contribution is -0.115. The number of hydrogen-bond acceptors (Lipinski definition) is 6. The van der Waals surface area contributed by atoms with E-state index in [-0.39, 0.29) is 5.91 Å². The standard InChI is InChI=1S/C26H26N4OS2/c1-16-11-17(2)24(18(3)12-16)30(20(5)31)26-28-22(15-33-26)14-32-25-27-19(4)13-23(29-25)21-9-7-6-8-10-21/h6-13,15H,14H2,1-5H3. The van der Waals surface area contributed by atoms with E-state index in [0.29, 0.717) is 10.9 Å². The molecule has 0 spiro atoms. The van der Waals surface area contributed by atoms with Gasteiger partial charge in [-0.1, -0.05) is 59.8 Å². The Morgan fingerprint density at radius 1 is 0.970 bits per heavy atom. The topological polar surface area (TPSA) is 59.0 Å². The van der Waals surface area contributed by atoms with E-state index < -0.39 is 0 Å². The fourth-order valence-electron chi connectivity index (χ4n) is 3.88. The molecule has 1 amide bonds. The quantitative estimate of drug-likeness (QED) is 0.227. The molecule has 0 unspecified atom stereocenters. The van der Waals surface area contributed by atoms with Gasteiger partial charge in [-0.3, -0.25) is 9.69 Å². The number of aromatic nitrogens is 3. The summed E-state index contributed by atoms with van der Waals surface area (Å²) in [6.45, 7) is 9.71. The van der Waals surface area contributed by atoms with E-state index in [2.05, 4.69) is 24.0 Å². The predicted molar refractivity (Wildman–Crippen MR) is 137 cm³/mol. The molecule has 0 aliphatic carbocycles. The molecule has 0 saturated heterocycles. The van der Waals surface area contributed by atoms with E-state index in [9.17, 15) is 4.79 Å². The number of benzene rings is 2. The molecule has 4 rings (SSSR count). The van der Waals surface area contributed by atoms with Crippen LogP contribution in [0.25, 0.3) is 11.3 Å². The zero-order chi connectivity index (χ0) is 23.5. The Morgan fingerprint density at radius 2 is 1.67 bits per heavy atom. The van der Waals surface area contributed by atoms with Gasteiger partial charge >= 0.3 is 0 Å². The van der Waals surface area contributed by atoms with Gasteiger partial charge in [0, 0.05) is 29.3 Å². The lowest BCUT2D eigenvalue weighted by Gasteiger charge is -2.23. The van der Waals surface area contributed by atoms with E-state index in [1.54, 1.807) is 23.6 Å². The molecule has 0 bridgehead atoms. The number of carbonyl (C=O) groups is 1. The maximum Gasteiger partial charge on any atom is 0.230 e. The maximum atomic E-state index is 12.6. The van der Waals surface area contributed by atoms with Crippen molar-refractivity contribution in [3.63, 3.8) is 0 Å². The summed E-state index contributed by atoms with van der Waals surface area (Å²) >= 11 is 3.03. The minimum Gasteiger partial charge on any atom is -0.274 e. The summed E-state index contributed by atoms with van der Waals surface area (Å²) in [6, 6.07) is 16.3. The average molecular weight is 475 g/mol. The van der Waals surface area contributed by atoms with Gasteiger partial charge in [-0.05, 0) is 44.9 Å². The number of aryl methyl sites for hydroxylation is 4. The first-order valence-electron chi connectivity index (χ1n) is 10.7. The SMILES string of the molecule is CC(=O)N(c1nc(CSc2nc(C)cc(-c3ccccc3)n2)cs1)c1c(C)cc(C)cc1C. The van der Waals surface area contributed by atoms with E-state index >= 15 is 0 Å². The molecule has 0 aliphatic rings. The molecular formula is C26H26N4OS2. The highest BCUT2D eigenvalue weighted by atomic mass is 32.2. The highest BCUT2D eigenvalue weighted by Crippen LogP contribution is 2.35. The molecule has 2 aromatic heterocycles. The highest BCUT2D eigenvalue weighted by Gasteiger charge is 2.22. The van der Waals surface area contributed by atoms with Crippen LogP contribution in [0.2, 0.25) is 0 Å². The van der Waals surface area contributed by atoms with E-state index in [4.69, 9.17) is 9.97 Å². The summed E-state index contributed by atoms with van der Waals surface area (Å²) in [5, 5.41) is 3.41. The summed E-state index contributed by atoms with van der Waals surface area (Å²) in [4.78, 5) is 28.4. The summed E-state index contributed by atoms with van der Waals surface area (Å²) in [5.74, 6) is 0.583. The largest absolute Gasteiger partial charge is 0.274 e. The molecule has 33 heavy (non-hydrogen) atoms. The maximum absolute atomic E-state index is 12.6. The molecular weight excluding hydrogens is 448 g/mol. The van der Waals surface area contributed by atoms with Gasteiger partial charge < -0.3 is 0 Å². The Morgan fingerprint density at radius 3 is 2.33 bits per heavy atom. The Hall–Kier alpha value is -3.03. The molecule has 2 aromatic carbocycles. The second-order valence-electron chi connectivity index (χ2n) is 8.06. The first-order valence-corrected chi connectivity index (χ1v) is 12.5. The molecule has 5 nitrogen and oxygen atoms in total. The molecule has 0 saturated carbocycles. The van der Waals surface area contributed by atoms with E-state index in [1.165, 1.54) is 16.9 Å². The fourth-order valence-corrected chi connectivity index (χ4v) is 5.65. The molecule has 7 heteroatoms. The van der Waals surface area contributed by atoms with Crippen molar-refractivity contribution in [2.45, 2.75) is 45.5 Å². The van der Waals surface area contributed by atoms with Crippen LogP contribution in [0.5, 0.6) is 0 Å². The number of thiazole rings is 1. The van der Waals surface area contributed by atoms with Crippen molar-refractivity contribution in [3.8, 4) is 11.3 Å². The third-order valence-corrected chi connectivity index (χ3v) is 6.91. The van der Waals surface area contributed by atoms with Gasteiger partial charge in [-0.15, -0.1) is 11.3 Å². The second-order valence-corrected chi connectivity index (χ2v) is 9.83. The van der Waals surface area contributed by atoms with E-state index in [1.807, 2.05) is 62.5 Å². The fraction of sp³-hybridized carbons (Fsp3) is 0.231. The summed E-state index contributed by atoms with van der Waals surface area (Å²) < 4.78 is 0. The molecule has 4 aromatic rings. The average Bonchev–Trinajstić information content (AvgIpc) is 3.23. The lowest BCUT2D eigenvalue weighted by atomic mass is 10.0. The van der Waals surface area contributed by atoms with Crippen molar-refractivity contribution < 1.29 is 4.79 Å². The number of nitrogens with zero attached hydrogens (tertiary/aromatic N) is 4. The van der Waals surface area contributed by atoms with Crippen LogP contribution < -0.4 is 4.90 Å². The molecule has 0 atom stereocenters. The smallest absolute Gasteiger partial charge is 0.230 e. The van der Waals surface area contributed by atoms with Crippen LogP contribution in [-0.2, 0) is 10.5 Å². The van der Waals surface area contributed by atoms with Crippen LogP contribution in [0.4, 0.5) is 10.8 Å². The Balaban J connectivity index is 1.56. The van der Waals surface area contributed by atoms with Crippen molar-refractivity contribution >= 4 is 39.8 Å². The van der Waals surface area contributed by atoms with Crippen LogP contribution in [0, 0.1) is 27.7 Å². The Bertz CT molecular complexity index is 1280. The van der Waals surface area contributed by atoms with Crippen molar-refractivity contribution in [1.82, 2.24) is 15.0 Å². The predicted octanol–water partition coefficient (Wildman–Crippen LogP) is 6.81. The van der Waals surface area contributed by atoms with Gasteiger partial charge in [0.25, 0.3) is 0 Å². The summed E-state index contributed by atoms with van der Waals surface area (Å²) in [5.41, 5.74) is 8.04. The first kappa shape index (κ1) is 23.1. The molecule has 2 heterocycles. The van der Waals surface area contributed by atoms with Gasteiger partial charge in [0.2, 0.25) is 5.91 Å². The molecule has 0 aliphatic heterocycles. The van der Waals surface area contributed by atoms with Crippen LogP contribution >= 0.6 is 23.1 Å². The molecule has 0 radical (unpaired) electrons. The molecule has 168 valence electrons. The Kier molecular flexibility index (Phi) is 6.91. The minimum absolute atomic E-state index is 0.0480. The number of carbonyl (C=O) groups excluding carboxylic acids is 1. The molecule has 0 fully saturated rings. The third kappa shape index (κ3) is 5.31. The summed E-state index contributed by atoms with van der Waals surface area (Å²) in [7, 11) is 0. The van der Waals surface area contributed by atoms with Crippen molar-refractivity contribution in [3.05, 3.63) is 82.0 Å². The zero-order valence-corrected chi connectivity index (χ0v) is 21.0. The van der Waals surface area contributed by atoms with Gasteiger partial charge in [0.15, 0.2) is 10.3 Å². The van der Waals surface area contributed by atoms with Crippen LogP contribution in [0.1, 0.15) is 35.0 Å². The lowest BCUT2D eigenvalue weighted by Crippen LogP contribution is -2.24. The monoisotopic (exact) mass is 474 g/mol. The number of anilines is 2. The Labute approximate surface area is 203 Å².